The lowest BCUT2D eigenvalue weighted by Crippen LogP contribution is -2.20. The molecule has 25 heavy (non-hydrogen) atoms. The quantitative estimate of drug-likeness (QED) is 0.572. The molecule has 0 saturated heterocycles. The molecule has 0 aliphatic carbocycles. The van der Waals surface area contributed by atoms with Crippen molar-refractivity contribution in [3.05, 3.63) is 64.3 Å². The van der Waals surface area contributed by atoms with Crippen molar-refractivity contribution in [1.29, 1.82) is 0 Å². The Hall–Kier alpha value is -3.48. The molecule has 3 heterocycles. The number of hydrogen-bond acceptors (Lipinski definition) is 6. The van der Waals surface area contributed by atoms with Gasteiger partial charge in [-0.3, -0.25) is 4.79 Å². The van der Waals surface area contributed by atoms with Gasteiger partial charge < -0.3 is 13.5 Å². The average molecular weight is 334 g/mol. The minimum absolute atomic E-state index is 0.106. The normalized spacial score (nSPS) is 11.6. The molecule has 0 N–H and O–H groups in total. The third-order valence-electron chi connectivity index (χ3n) is 3.87. The molecule has 0 spiro atoms. The van der Waals surface area contributed by atoms with Gasteiger partial charge in [0.25, 0.3) is 11.4 Å². The maximum atomic E-state index is 12.0. The molecule has 124 valence electrons. The number of fused-ring (bicyclic) bond motifs is 1. The van der Waals surface area contributed by atoms with Gasteiger partial charge in [-0.25, -0.2) is 4.98 Å². The first-order valence-corrected chi connectivity index (χ1v) is 7.65. The highest BCUT2D eigenvalue weighted by atomic mass is 16.5. The van der Waals surface area contributed by atoms with Gasteiger partial charge in [0, 0.05) is 18.7 Å². The molecule has 0 saturated carbocycles. The van der Waals surface area contributed by atoms with E-state index in [-0.39, 0.29) is 5.56 Å². The Morgan fingerprint density at radius 3 is 2.84 bits per heavy atom. The van der Waals surface area contributed by atoms with Crippen molar-refractivity contribution < 1.29 is 8.94 Å². The monoisotopic (exact) mass is 334 g/mol. The van der Waals surface area contributed by atoms with Crippen LogP contribution in [0.15, 0.2) is 50.3 Å². The highest BCUT2D eigenvalue weighted by Crippen LogP contribution is 2.21. The zero-order valence-corrected chi connectivity index (χ0v) is 13.6. The fourth-order valence-corrected chi connectivity index (χ4v) is 2.58. The van der Waals surface area contributed by atoms with Crippen LogP contribution < -0.4 is 5.56 Å². The topological polar surface area (TPSA) is 86.9 Å². The summed E-state index contributed by atoms with van der Waals surface area (Å²) < 4.78 is 12.0. The zero-order chi connectivity index (χ0) is 17.4. The van der Waals surface area contributed by atoms with Crippen molar-refractivity contribution in [3.63, 3.8) is 0 Å². The second kappa shape index (κ2) is 5.86. The summed E-state index contributed by atoms with van der Waals surface area (Å²) in [5.74, 6) is 1.52. The van der Waals surface area contributed by atoms with E-state index in [0.29, 0.717) is 28.7 Å². The Morgan fingerprint density at radius 2 is 2.04 bits per heavy atom. The number of hydrogen-bond donors (Lipinski definition) is 0. The second-order valence-electron chi connectivity index (χ2n) is 5.57. The van der Waals surface area contributed by atoms with Gasteiger partial charge in [0.05, 0.1) is 17.3 Å². The highest BCUT2D eigenvalue weighted by molar-refractivity contribution is 5.80. The van der Waals surface area contributed by atoms with E-state index in [1.807, 2.05) is 24.3 Å². The van der Waals surface area contributed by atoms with E-state index in [2.05, 4.69) is 15.1 Å². The minimum Gasteiger partial charge on any atom is -0.465 e. The fraction of sp³-hybridized carbons (Fsp3) is 0.111. The Morgan fingerprint density at radius 1 is 1.16 bits per heavy atom. The number of aromatic nitrogens is 4. The van der Waals surface area contributed by atoms with Crippen LogP contribution in [0.4, 0.5) is 0 Å². The highest BCUT2D eigenvalue weighted by Gasteiger charge is 2.10. The number of furan rings is 1. The molecule has 7 nitrogen and oxygen atoms in total. The van der Waals surface area contributed by atoms with E-state index in [9.17, 15) is 4.79 Å². The molecule has 1 aromatic carbocycles. The van der Waals surface area contributed by atoms with E-state index < -0.39 is 0 Å². The van der Waals surface area contributed by atoms with Crippen molar-refractivity contribution in [2.75, 3.05) is 0 Å². The predicted molar refractivity (Wildman–Crippen MR) is 92.6 cm³/mol. The molecular weight excluding hydrogens is 320 g/mol. The minimum atomic E-state index is -0.106. The fourth-order valence-electron chi connectivity index (χ4n) is 2.58. The molecule has 0 unspecified atom stereocenters. The van der Waals surface area contributed by atoms with E-state index in [1.165, 1.54) is 0 Å². The van der Waals surface area contributed by atoms with Crippen LogP contribution in [0.3, 0.4) is 0 Å². The lowest BCUT2D eigenvalue weighted by atomic mass is 10.1. The van der Waals surface area contributed by atoms with Crippen LogP contribution in [-0.4, -0.2) is 19.7 Å². The first-order chi connectivity index (χ1) is 12.1. The Kier molecular flexibility index (Phi) is 3.53. The van der Waals surface area contributed by atoms with Crippen molar-refractivity contribution >= 4 is 23.2 Å². The molecule has 0 fully saturated rings. The van der Waals surface area contributed by atoms with Crippen LogP contribution in [0, 0.1) is 6.92 Å². The summed E-state index contributed by atoms with van der Waals surface area (Å²) in [6.45, 7) is 1.69. The summed E-state index contributed by atoms with van der Waals surface area (Å²) >= 11 is 0. The maximum Gasteiger partial charge on any atom is 0.272 e. The Balaban J connectivity index is 1.70. The van der Waals surface area contributed by atoms with Gasteiger partial charge in [-0.1, -0.05) is 5.16 Å². The number of rotatable bonds is 3. The SMILES string of the molecule is Cc1nc2cc(-c3noc(/C=C/c4ccco4)n3)ccc2n(C)c1=O. The molecule has 4 aromatic rings. The van der Waals surface area contributed by atoms with Gasteiger partial charge in [-0.15, -0.1) is 0 Å². The van der Waals surface area contributed by atoms with E-state index in [1.54, 1.807) is 43.0 Å². The molecule has 0 amide bonds. The molecular formula is C18H14N4O3. The van der Waals surface area contributed by atoms with Gasteiger partial charge in [0.2, 0.25) is 5.82 Å². The summed E-state index contributed by atoms with van der Waals surface area (Å²) in [6, 6.07) is 9.13. The van der Waals surface area contributed by atoms with Crippen LogP contribution in [0.1, 0.15) is 17.3 Å². The van der Waals surface area contributed by atoms with E-state index in [4.69, 9.17) is 8.94 Å². The third kappa shape index (κ3) is 2.76. The number of aryl methyl sites for hydroxylation is 2. The largest absolute Gasteiger partial charge is 0.465 e. The third-order valence-corrected chi connectivity index (χ3v) is 3.87. The summed E-state index contributed by atoms with van der Waals surface area (Å²) in [7, 11) is 1.73. The molecule has 3 aromatic heterocycles. The van der Waals surface area contributed by atoms with Crippen LogP contribution in [0.25, 0.3) is 34.6 Å². The molecule has 0 bridgehead atoms. The van der Waals surface area contributed by atoms with Gasteiger partial charge in [0.1, 0.15) is 11.5 Å². The van der Waals surface area contributed by atoms with Gasteiger partial charge in [0.15, 0.2) is 0 Å². The first-order valence-electron chi connectivity index (χ1n) is 7.65. The summed E-state index contributed by atoms with van der Waals surface area (Å²) in [4.78, 5) is 20.7. The first kappa shape index (κ1) is 15.1. The molecule has 0 radical (unpaired) electrons. The smallest absolute Gasteiger partial charge is 0.272 e. The van der Waals surface area contributed by atoms with Crippen molar-refractivity contribution in [1.82, 2.24) is 19.7 Å². The lowest BCUT2D eigenvalue weighted by Gasteiger charge is -2.06. The van der Waals surface area contributed by atoms with Crippen LogP contribution in [-0.2, 0) is 7.05 Å². The van der Waals surface area contributed by atoms with Crippen LogP contribution in [0.2, 0.25) is 0 Å². The molecule has 0 atom stereocenters. The zero-order valence-electron chi connectivity index (χ0n) is 13.6. The summed E-state index contributed by atoms with van der Waals surface area (Å²) in [5, 5.41) is 3.99. The van der Waals surface area contributed by atoms with Crippen molar-refractivity contribution in [2.45, 2.75) is 6.92 Å². The van der Waals surface area contributed by atoms with Gasteiger partial charge in [-0.05, 0) is 43.3 Å². The summed E-state index contributed by atoms with van der Waals surface area (Å²) in [6.07, 6.45) is 5.02. The Bertz CT molecular complexity index is 1140. The van der Waals surface area contributed by atoms with Crippen LogP contribution >= 0.6 is 0 Å². The van der Waals surface area contributed by atoms with E-state index in [0.717, 1.165) is 11.1 Å². The van der Waals surface area contributed by atoms with Gasteiger partial charge in [-0.2, -0.15) is 4.98 Å². The Labute approximate surface area is 142 Å². The maximum absolute atomic E-state index is 12.0. The molecule has 0 aliphatic heterocycles. The number of benzene rings is 1. The van der Waals surface area contributed by atoms with Crippen LogP contribution in [0.5, 0.6) is 0 Å². The number of nitrogens with zero attached hydrogens (tertiary/aromatic N) is 4. The van der Waals surface area contributed by atoms with Crippen molar-refractivity contribution in [2.24, 2.45) is 7.05 Å². The molecule has 7 heteroatoms. The average Bonchev–Trinajstić information content (AvgIpc) is 3.29. The summed E-state index contributed by atoms with van der Waals surface area (Å²) in [5.41, 5.74) is 2.56. The molecule has 0 aliphatic rings. The van der Waals surface area contributed by atoms with E-state index >= 15 is 0 Å². The van der Waals surface area contributed by atoms with Gasteiger partial charge >= 0.3 is 0 Å². The lowest BCUT2D eigenvalue weighted by molar-refractivity contribution is 0.411. The van der Waals surface area contributed by atoms with Crippen molar-refractivity contribution in [3.8, 4) is 11.4 Å². The standard InChI is InChI=1S/C18H14N4O3/c1-11-18(23)22(2)15-7-5-12(10-14(15)19-11)17-20-16(25-21-17)8-6-13-4-3-9-24-13/h3-10H,1-2H3/b8-6+. The second-order valence-corrected chi connectivity index (χ2v) is 5.57. The molecule has 4 rings (SSSR count). The predicted octanol–water partition coefficient (Wildman–Crippen LogP) is 3.06.